The number of benzene rings is 4. The SMILES string of the molecule is COc1ccc(CCCN[C@H](c2ccccc2)[C@H](NS(=O)(=O)c2ccc(C#C[Si](C)(C)C)cc2)c2ccccc2)cc1. The summed E-state index contributed by atoms with van der Waals surface area (Å²) >= 11 is 0. The van der Waals surface area contributed by atoms with Crippen LogP contribution in [-0.2, 0) is 16.4 Å². The van der Waals surface area contributed by atoms with E-state index in [4.69, 9.17) is 4.74 Å². The number of aryl methyl sites for hydroxylation is 1. The van der Waals surface area contributed by atoms with E-state index in [0.29, 0.717) is 6.54 Å². The van der Waals surface area contributed by atoms with Crippen molar-refractivity contribution >= 4 is 18.1 Å². The molecule has 7 heteroatoms. The van der Waals surface area contributed by atoms with Crippen LogP contribution in [0.1, 0.15) is 40.8 Å². The van der Waals surface area contributed by atoms with Crippen molar-refractivity contribution in [3.63, 3.8) is 0 Å². The molecule has 4 rings (SSSR count). The number of sulfonamides is 1. The molecule has 0 aliphatic carbocycles. The second-order valence-electron chi connectivity index (χ2n) is 11.3. The normalized spacial score (nSPS) is 13.0. The van der Waals surface area contributed by atoms with Crippen LogP contribution in [0.25, 0.3) is 0 Å². The Morgan fingerprint density at radius 2 is 1.33 bits per heavy atom. The summed E-state index contributed by atoms with van der Waals surface area (Å²) in [5, 5.41) is 3.68. The molecule has 0 amide bonds. The minimum Gasteiger partial charge on any atom is -0.497 e. The van der Waals surface area contributed by atoms with Crippen LogP contribution in [0.15, 0.2) is 114 Å². The van der Waals surface area contributed by atoms with Crippen molar-refractivity contribution in [2.45, 2.75) is 49.5 Å². The predicted molar refractivity (Wildman–Crippen MR) is 175 cm³/mol. The van der Waals surface area contributed by atoms with Gasteiger partial charge < -0.3 is 10.1 Å². The Morgan fingerprint density at radius 1 is 0.762 bits per heavy atom. The third-order valence-electron chi connectivity index (χ3n) is 6.84. The lowest BCUT2D eigenvalue weighted by atomic mass is 9.94. The molecule has 0 spiro atoms. The van der Waals surface area contributed by atoms with Crippen LogP contribution in [0.4, 0.5) is 0 Å². The van der Waals surface area contributed by atoms with E-state index in [1.807, 2.05) is 72.8 Å². The minimum atomic E-state index is -3.84. The zero-order chi connectivity index (χ0) is 30.0. The molecule has 4 aromatic carbocycles. The van der Waals surface area contributed by atoms with Crippen LogP contribution in [0, 0.1) is 11.5 Å². The first-order valence-corrected chi connectivity index (χ1v) is 19.2. The lowest BCUT2D eigenvalue weighted by Crippen LogP contribution is -2.39. The van der Waals surface area contributed by atoms with Gasteiger partial charge in [-0.2, -0.15) is 0 Å². The van der Waals surface area contributed by atoms with Crippen molar-refractivity contribution in [3.05, 3.63) is 131 Å². The summed E-state index contributed by atoms with van der Waals surface area (Å²) in [4.78, 5) is 0.216. The number of nitrogens with one attached hydrogen (secondary N) is 2. The van der Waals surface area contributed by atoms with Crippen LogP contribution in [0.5, 0.6) is 5.75 Å². The Labute approximate surface area is 252 Å². The standard InChI is InChI=1S/C35H40N2O3SSi/c1-40-32-21-17-28(18-22-32)12-11-26-36-34(30-13-7-5-8-14-30)35(31-15-9-6-10-16-31)37-41(38,39)33-23-19-29(20-24-33)25-27-42(2,3)4/h5-10,13-24,34-37H,11-12,26H2,1-4H3/t34-,35-/m1/s1. The van der Waals surface area contributed by atoms with Crippen LogP contribution >= 0.6 is 0 Å². The molecule has 0 saturated heterocycles. The molecule has 0 unspecified atom stereocenters. The Balaban J connectivity index is 1.58. The molecule has 0 aliphatic rings. The summed E-state index contributed by atoms with van der Waals surface area (Å²) in [5.41, 5.74) is 7.27. The Bertz CT molecular complexity index is 1570. The molecule has 0 heterocycles. The molecule has 0 radical (unpaired) electrons. The van der Waals surface area contributed by atoms with E-state index in [-0.39, 0.29) is 10.9 Å². The summed E-state index contributed by atoms with van der Waals surface area (Å²) in [5.74, 6) is 4.04. The lowest BCUT2D eigenvalue weighted by molar-refractivity contribution is 0.414. The minimum absolute atomic E-state index is 0.216. The molecule has 2 N–H and O–H groups in total. The van der Waals surface area contributed by atoms with Gasteiger partial charge in [0.25, 0.3) is 0 Å². The maximum atomic E-state index is 13.8. The van der Waals surface area contributed by atoms with Gasteiger partial charge in [-0.15, -0.1) is 5.54 Å². The summed E-state index contributed by atoms with van der Waals surface area (Å²) in [6, 6.07) is 33.9. The second kappa shape index (κ2) is 14.5. The van der Waals surface area contributed by atoms with Crippen molar-refractivity contribution in [1.82, 2.24) is 10.0 Å². The van der Waals surface area contributed by atoms with Gasteiger partial charge in [0.15, 0.2) is 0 Å². The number of hydrogen-bond acceptors (Lipinski definition) is 4. The van der Waals surface area contributed by atoms with Gasteiger partial charge in [-0.25, -0.2) is 13.1 Å². The van der Waals surface area contributed by atoms with Gasteiger partial charge in [0.2, 0.25) is 10.0 Å². The average Bonchev–Trinajstić information content (AvgIpc) is 3.00. The van der Waals surface area contributed by atoms with Crippen LogP contribution in [0.2, 0.25) is 19.6 Å². The van der Waals surface area contributed by atoms with Gasteiger partial charge in [-0.05, 0) is 72.5 Å². The first-order valence-electron chi connectivity index (χ1n) is 14.3. The largest absolute Gasteiger partial charge is 0.497 e. The highest BCUT2D eigenvalue weighted by Gasteiger charge is 2.29. The highest BCUT2D eigenvalue weighted by atomic mass is 32.2. The van der Waals surface area contributed by atoms with E-state index in [1.165, 1.54) is 5.56 Å². The van der Waals surface area contributed by atoms with E-state index in [2.05, 4.69) is 53.3 Å². The predicted octanol–water partition coefficient (Wildman–Crippen LogP) is 6.91. The topological polar surface area (TPSA) is 67.4 Å². The van der Waals surface area contributed by atoms with Crippen LogP contribution < -0.4 is 14.8 Å². The molecule has 4 aromatic rings. The van der Waals surface area contributed by atoms with Gasteiger partial charge in [-0.3, -0.25) is 0 Å². The van der Waals surface area contributed by atoms with Gasteiger partial charge in [0.1, 0.15) is 13.8 Å². The monoisotopic (exact) mass is 596 g/mol. The summed E-state index contributed by atoms with van der Waals surface area (Å²) in [6.07, 6.45) is 1.79. The smallest absolute Gasteiger partial charge is 0.241 e. The van der Waals surface area contributed by atoms with Crippen molar-refractivity contribution in [3.8, 4) is 17.2 Å². The van der Waals surface area contributed by atoms with E-state index in [1.54, 1.807) is 31.4 Å². The maximum absolute atomic E-state index is 13.8. The summed E-state index contributed by atoms with van der Waals surface area (Å²) in [7, 11) is -3.71. The first-order chi connectivity index (χ1) is 20.1. The first kappa shape index (κ1) is 31.3. The fraction of sp³-hybridized carbons (Fsp3) is 0.257. The van der Waals surface area contributed by atoms with E-state index >= 15 is 0 Å². The third kappa shape index (κ3) is 9.17. The molecule has 5 nitrogen and oxygen atoms in total. The van der Waals surface area contributed by atoms with Gasteiger partial charge in [0, 0.05) is 5.56 Å². The highest BCUT2D eigenvalue weighted by molar-refractivity contribution is 7.89. The number of rotatable bonds is 12. The Kier molecular flexibility index (Phi) is 10.8. The average molecular weight is 597 g/mol. The van der Waals surface area contributed by atoms with Crippen molar-refractivity contribution in [2.75, 3.05) is 13.7 Å². The van der Waals surface area contributed by atoms with Gasteiger partial charge in [0.05, 0.1) is 24.1 Å². The van der Waals surface area contributed by atoms with Crippen LogP contribution in [-0.4, -0.2) is 30.1 Å². The lowest BCUT2D eigenvalue weighted by Gasteiger charge is -2.30. The van der Waals surface area contributed by atoms with Crippen molar-refractivity contribution < 1.29 is 13.2 Å². The molecular weight excluding hydrogens is 557 g/mol. The quantitative estimate of drug-likeness (QED) is 0.106. The van der Waals surface area contributed by atoms with Gasteiger partial charge >= 0.3 is 0 Å². The zero-order valence-electron chi connectivity index (χ0n) is 24.8. The molecule has 42 heavy (non-hydrogen) atoms. The molecular formula is C35H40N2O3SSi. The van der Waals surface area contributed by atoms with Gasteiger partial charge in [-0.1, -0.05) is 98.4 Å². The third-order valence-corrected chi connectivity index (χ3v) is 9.18. The van der Waals surface area contributed by atoms with Crippen molar-refractivity contribution in [1.29, 1.82) is 0 Å². The van der Waals surface area contributed by atoms with Crippen molar-refractivity contribution in [2.24, 2.45) is 0 Å². The fourth-order valence-corrected chi connectivity index (χ4v) is 6.39. The zero-order valence-corrected chi connectivity index (χ0v) is 26.6. The maximum Gasteiger partial charge on any atom is 0.241 e. The molecule has 218 valence electrons. The molecule has 0 saturated carbocycles. The summed E-state index contributed by atoms with van der Waals surface area (Å²) in [6.45, 7) is 7.26. The van der Waals surface area contributed by atoms with Crippen LogP contribution in [0.3, 0.4) is 0 Å². The number of ether oxygens (including phenoxy) is 1. The number of hydrogen-bond donors (Lipinski definition) is 2. The highest BCUT2D eigenvalue weighted by Crippen LogP contribution is 2.31. The summed E-state index contributed by atoms with van der Waals surface area (Å²) < 4.78 is 35.8. The Hall–Kier alpha value is -3.67. The molecule has 0 aliphatic heterocycles. The van der Waals surface area contributed by atoms with E-state index in [0.717, 1.165) is 35.3 Å². The fourth-order valence-electron chi connectivity index (χ4n) is 4.63. The molecule has 2 atom stereocenters. The molecule has 0 bridgehead atoms. The van der Waals surface area contributed by atoms with E-state index < -0.39 is 24.1 Å². The Morgan fingerprint density at radius 3 is 1.88 bits per heavy atom. The molecule has 0 aromatic heterocycles. The second-order valence-corrected chi connectivity index (χ2v) is 17.8. The molecule has 0 fully saturated rings. The number of methoxy groups -OCH3 is 1. The van der Waals surface area contributed by atoms with E-state index in [9.17, 15) is 8.42 Å².